The Hall–Kier alpha value is -1.86. The second-order valence-corrected chi connectivity index (χ2v) is 6.42. The van der Waals surface area contributed by atoms with Crippen LogP contribution in [0.3, 0.4) is 0 Å². The number of benzene rings is 1. The molecule has 1 aromatic carbocycles. The Morgan fingerprint density at radius 2 is 2.05 bits per heavy atom. The molecule has 4 heteroatoms. The van der Waals surface area contributed by atoms with E-state index in [0.717, 1.165) is 13.1 Å². The van der Waals surface area contributed by atoms with Crippen LogP contribution in [0.1, 0.15) is 32.8 Å². The highest BCUT2D eigenvalue weighted by atomic mass is 16.2. The predicted molar refractivity (Wildman–Crippen MR) is 82.9 cm³/mol. The van der Waals surface area contributed by atoms with Gasteiger partial charge in [0.05, 0.1) is 24.7 Å². The summed E-state index contributed by atoms with van der Waals surface area (Å²) < 4.78 is 0. The highest BCUT2D eigenvalue weighted by molar-refractivity contribution is 5.93. The number of nitrogens with one attached hydrogen (secondary N) is 2. The standard InChI is InChI=1S/C17H23N3O/c1-12-7-13(2)11-20(10-12)14(3)17(21)19-16-6-4-5-15(8-16)9-18/h4-6,8,12-14H,7,10-11H2,1-3H3,(H,19,21)/p+1/t12-,13+,14-/m0/s1. The van der Waals surface area contributed by atoms with Gasteiger partial charge in [0, 0.05) is 17.5 Å². The van der Waals surface area contributed by atoms with E-state index in [1.165, 1.54) is 11.3 Å². The third-order valence-electron chi connectivity index (χ3n) is 4.29. The first kappa shape index (κ1) is 15.5. The molecule has 1 amide bonds. The van der Waals surface area contributed by atoms with Crippen LogP contribution >= 0.6 is 0 Å². The molecule has 4 atom stereocenters. The fraction of sp³-hybridized carbons (Fsp3) is 0.529. The van der Waals surface area contributed by atoms with Crippen LogP contribution in [0, 0.1) is 23.2 Å². The van der Waals surface area contributed by atoms with Crippen LogP contribution in [0.2, 0.25) is 0 Å². The maximum atomic E-state index is 12.4. The number of amides is 1. The highest BCUT2D eigenvalue weighted by Gasteiger charge is 2.32. The normalized spacial score (nSPS) is 26.7. The van der Waals surface area contributed by atoms with Crippen molar-refractivity contribution < 1.29 is 9.69 Å². The molecule has 0 saturated carbocycles. The predicted octanol–water partition coefficient (Wildman–Crippen LogP) is 1.45. The molecule has 1 heterocycles. The summed E-state index contributed by atoms with van der Waals surface area (Å²) >= 11 is 0. The number of rotatable bonds is 3. The monoisotopic (exact) mass is 286 g/mol. The summed E-state index contributed by atoms with van der Waals surface area (Å²) in [5, 5.41) is 11.8. The zero-order chi connectivity index (χ0) is 15.4. The lowest BCUT2D eigenvalue weighted by Gasteiger charge is -2.35. The molecule has 1 unspecified atom stereocenters. The second kappa shape index (κ2) is 6.73. The number of hydrogen-bond acceptors (Lipinski definition) is 2. The van der Waals surface area contributed by atoms with Gasteiger partial charge in [-0.3, -0.25) is 4.79 Å². The first-order valence-electron chi connectivity index (χ1n) is 7.65. The van der Waals surface area contributed by atoms with Gasteiger partial charge in [-0.05, 0) is 31.5 Å². The number of piperidine rings is 1. The van der Waals surface area contributed by atoms with Gasteiger partial charge in [-0.1, -0.05) is 19.9 Å². The Balaban J connectivity index is 2.00. The summed E-state index contributed by atoms with van der Waals surface area (Å²) in [5.74, 6) is 1.36. The van der Waals surface area contributed by atoms with Gasteiger partial charge in [-0.15, -0.1) is 0 Å². The molecule has 1 fully saturated rings. The molecule has 1 aromatic rings. The van der Waals surface area contributed by atoms with E-state index in [1.807, 2.05) is 13.0 Å². The second-order valence-electron chi connectivity index (χ2n) is 6.42. The minimum absolute atomic E-state index is 0.0291. The summed E-state index contributed by atoms with van der Waals surface area (Å²) in [6.45, 7) is 8.62. The van der Waals surface area contributed by atoms with E-state index in [-0.39, 0.29) is 11.9 Å². The number of hydrogen-bond donors (Lipinski definition) is 2. The molecule has 4 nitrogen and oxygen atoms in total. The average Bonchev–Trinajstić information content (AvgIpc) is 2.45. The Morgan fingerprint density at radius 3 is 2.67 bits per heavy atom. The molecule has 0 radical (unpaired) electrons. The number of nitriles is 1. The summed E-state index contributed by atoms with van der Waals surface area (Å²) in [6, 6.07) is 9.07. The van der Waals surface area contributed by atoms with Crippen LogP contribution in [0.5, 0.6) is 0 Å². The SMILES string of the molecule is C[C@@H]1C[C@H](C)C[NH+]([C@@H](C)C(=O)Nc2cccc(C#N)c2)C1. The Morgan fingerprint density at radius 1 is 1.38 bits per heavy atom. The molecule has 1 saturated heterocycles. The third kappa shape index (κ3) is 4.05. The van der Waals surface area contributed by atoms with Gasteiger partial charge in [-0.25, -0.2) is 0 Å². The molecule has 0 spiro atoms. The van der Waals surface area contributed by atoms with Gasteiger partial charge in [0.15, 0.2) is 6.04 Å². The van der Waals surface area contributed by atoms with E-state index in [0.29, 0.717) is 23.1 Å². The topological polar surface area (TPSA) is 57.3 Å². The van der Waals surface area contributed by atoms with Crippen LogP contribution in [0.15, 0.2) is 24.3 Å². The molecule has 0 aromatic heterocycles. The van der Waals surface area contributed by atoms with Crippen molar-refractivity contribution >= 4 is 11.6 Å². The lowest BCUT2D eigenvalue weighted by molar-refractivity contribution is -0.925. The maximum absolute atomic E-state index is 12.4. The molecule has 112 valence electrons. The minimum atomic E-state index is -0.0686. The van der Waals surface area contributed by atoms with E-state index >= 15 is 0 Å². The van der Waals surface area contributed by atoms with E-state index in [4.69, 9.17) is 5.26 Å². The van der Waals surface area contributed by atoms with Crippen LogP contribution in [-0.2, 0) is 4.79 Å². The first-order chi connectivity index (χ1) is 9.99. The van der Waals surface area contributed by atoms with Gasteiger partial charge in [-0.2, -0.15) is 5.26 Å². The number of carbonyl (C=O) groups excluding carboxylic acids is 1. The molecular weight excluding hydrogens is 262 g/mol. The van der Waals surface area contributed by atoms with Gasteiger partial charge in [0.2, 0.25) is 0 Å². The Bertz CT molecular complexity index is 539. The first-order valence-corrected chi connectivity index (χ1v) is 7.65. The van der Waals surface area contributed by atoms with Crippen LogP contribution in [0.25, 0.3) is 0 Å². The van der Waals surface area contributed by atoms with Crippen molar-refractivity contribution in [2.75, 3.05) is 18.4 Å². The largest absolute Gasteiger partial charge is 0.324 e. The zero-order valence-electron chi connectivity index (χ0n) is 13.0. The van der Waals surface area contributed by atoms with E-state index in [9.17, 15) is 4.79 Å². The lowest BCUT2D eigenvalue weighted by Crippen LogP contribution is -3.18. The highest BCUT2D eigenvalue weighted by Crippen LogP contribution is 2.13. The average molecular weight is 286 g/mol. The quantitative estimate of drug-likeness (QED) is 0.883. The van der Waals surface area contributed by atoms with Gasteiger partial charge >= 0.3 is 0 Å². The Labute approximate surface area is 126 Å². The van der Waals surface area contributed by atoms with Crippen molar-refractivity contribution in [3.05, 3.63) is 29.8 Å². The van der Waals surface area contributed by atoms with Crippen LogP contribution in [-0.4, -0.2) is 25.0 Å². The van der Waals surface area contributed by atoms with Gasteiger partial charge in [0.25, 0.3) is 5.91 Å². The summed E-state index contributed by atoms with van der Waals surface area (Å²) in [7, 11) is 0. The van der Waals surface area contributed by atoms with Crippen LogP contribution in [0.4, 0.5) is 5.69 Å². The number of quaternary nitrogens is 1. The fourth-order valence-corrected chi connectivity index (χ4v) is 3.29. The number of anilines is 1. The van der Waals surface area contributed by atoms with E-state index in [1.54, 1.807) is 18.2 Å². The maximum Gasteiger partial charge on any atom is 0.282 e. The number of likely N-dealkylation sites (tertiary alicyclic amines) is 1. The molecule has 1 aliphatic rings. The molecular formula is C17H24N3O+. The molecule has 2 N–H and O–H groups in total. The van der Waals surface area contributed by atoms with Crippen LogP contribution < -0.4 is 10.2 Å². The smallest absolute Gasteiger partial charge is 0.282 e. The molecule has 1 aliphatic heterocycles. The molecule has 21 heavy (non-hydrogen) atoms. The number of nitrogens with zero attached hydrogens (tertiary/aromatic N) is 1. The van der Waals surface area contributed by atoms with Crippen molar-refractivity contribution in [3.63, 3.8) is 0 Å². The Kier molecular flexibility index (Phi) is 4.98. The van der Waals surface area contributed by atoms with Gasteiger partial charge < -0.3 is 10.2 Å². The number of carbonyl (C=O) groups is 1. The van der Waals surface area contributed by atoms with Crippen molar-refractivity contribution in [1.29, 1.82) is 5.26 Å². The van der Waals surface area contributed by atoms with E-state index in [2.05, 4.69) is 25.2 Å². The molecule has 0 bridgehead atoms. The molecule has 2 rings (SSSR count). The zero-order valence-corrected chi connectivity index (χ0v) is 13.0. The van der Waals surface area contributed by atoms with Crippen molar-refractivity contribution in [1.82, 2.24) is 0 Å². The van der Waals surface area contributed by atoms with Gasteiger partial charge in [0.1, 0.15) is 0 Å². The summed E-state index contributed by atoms with van der Waals surface area (Å²) in [6.07, 6.45) is 1.25. The molecule has 0 aliphatic carbocycles. The minimum Gasteiger partial charge on any atom is -0.324 e. The third-order valence-corrected chi connectivity index (χ3v) is 4.29. The summed E-state index contributed by atoms with van der Waals surface area (Å²) in [5.41, 5.74) is 1.26. The van der Waals surface area contributed by atoms with Crippen molar-refractivity contribution in [3.8, 4) is 6.07 Å². The van der Waals surface area contributed by atoms with Crippen molar-refractivity contribution in [2.24, 2.45) is 11.8 Å². The fourth-order valence-electron chi connectivity index (χ4n) is 3.29. The van der Waals surface area contributed by atoms with E-state index < -0.39 is 0 Å². The lowest BCUT2D eigenvalue weighted by atomic mass is 9.91. The van der Waals surface area contributed by atoms with Crippen molar-refractivity contribution in [2.45, 2.75) is 33.2 Å². The summed E-state index contributed by atoms with van der Waals surface area (Å²) in [4.78, 5) is 13.8.